The Morgan fingerprint density at radius 2 is 1.79 bits per heavy atom. The molecule has 1 fully saturated rings. The van der Waals surface area contributed by atoms with Gasteiger partial charge in [-0.1, -0.05) is 30.7 Å². The molecule has 0 bridgehead atoms. The zero-order valence-corrected chi connectivity index (χ0v) is 17.2. The van der Waals surface area contributed by atoms with Crippen molar-refractivity contribution in [2.75, 3.05) is 25.0 Å². The smallest absolute Gasteiger partial charge is 0.262 e. The number of nitrogens with zero attached hydrogens (tertiary/aromatic N) is 1. The second-order valence-corrected chi connectivity index (χ2v) is 9.22. The van der Waals surface area contributed by atoms with Crippen LogP contribution in [0.1, 0.15) is 19.8 Å². The molecule has 28 heavy (non-hydrogen) atoms. The van der Waals surface area contributed by atoms with Crippen LogP contribution in [0.3, 0.4) is 0 Å². The highest BCUT2D eigenvalue weighted by molar-refractivity contribution is 7.89. The molecule has 2 aromatic rings. The second kappa shape index (κ2) is 8.94. The molecule has 1 N–H and O–H groups in total. The van der Waals surface area contributed by atoms with Gasteiger partial charge in [0.05, 0.1) is 15.6 Å². The molecule has 1 aliphatic heterocycles. The van der Waals surface area contributed by atoms with Gasteiger partial charge in [0, 0.05) is 13.1 Å². The highest BCUT2D eigenvalue weighted by atomic mass is 35.5. The van der Waals surface area contributed by atoms with E-state index >= 15 is 0 Å². The van der Waals surface area contributed by atoms with E-state index in [9.17, 15) is 13.2 Å². The van der Waals surface area contributed by atoms with Crippen LogP contribution in [-0.4, -0.2) is 38.3 Å². The first-order valence-electron chi connectivity index (χ1n) is 9.13. The number of piperidine rings is 1. The molecule has 0 atom stereocenters. The average molecular weight is 423 g/mol. The van der Waals surface area contributed by atoms with Crippen molar-refractivity contribution in [3.05, 3.63) is 53.6 Å². The number of halogens is 1. The van der Waals surface area contributed by atoms with Crippen LogP contribution >= 0.6 is 11.6 Å². The zero-order valence-electron chi connectivity index (χ0n) is 15.6. The van der Waals surface area contributed by atoms with Gasteiger partial charge in [0.2, 0.25) is 10.0 Å². The Hall–Kier alpha value is -2.09. The van der Waals surface area contributed by atoms with E-state index in [1.807, 2.05) is 0 Å². The predicted octanol–water partition coefficient (Wildman–Crippen LogP) is 3.78. The Balaban J connectivity index is 1.57. The standard InChI is InChI=1S/C20H23ClN2O4S/c1-15-10-12-23(13-11-15)28(25,26)17-8-6-16(7-9-17)27-14-20(24)22-19-5-3-2-4-18(19)21/h2-9,15H,10-14H2,1H3,(H,22,24). The van der Waals surface area contributed by atoms with Crippen LogP contribution in [0.25, 0.3) is 0 Å². The Morgan fingerprint density at radius 1 is 1.14 bits per heavy atom. The maximum absolute atomic E-state index is 12.7. The number of rotatable bonds is 6. The van der Waals surface area contributed by atoms with Crippen molar-refractivity contribution in [3.8, 4) is 5.75 Å². The number of hydrogen-bond acceptors (Lipinski definition) is 4. The minimum Gasteiger partial charge on any atom is -0.484 e. The molecule has 0 radical (unpaired) electrons. The number of amides is 1. The maximum Gasteiger partial charge on any atom is 0.262 e. The van der Waals surface area contributed by atoms with E-state index in [4.69, 9.17) is 16.3 Å². The van der Waals surface area contributed by atoms with E-state index in [-0.39, 0.29) is 17.4 Å². The number of benzene rings is 2. The summed E-state index contributed by atoms with van der Waals surface area (Å²) in [5.41, 5.74) is 0.509. The normalized spacial score (nSPS) is 15.9. The quantitative estimate of drug-likeness (QED) is 0.768. The molecule has 150 valence electrons. The van der Waals surface area contributed by atoms with Gasteiger partial charge in [0.25, 0.3) is 5.91 Å². The number of anilines is 1. The van der Waals surface area contributed by atoms with Gasteiger partial charge in [-0.05, 0) is 55.2 Å². The molecule has 1 amide bonds. The second-order valence-electron chi connectivity index (χ2n) is 6.87. The van der Waals surface area contributed by atoms with Crippen molar-refractivity contribution in [2.24, 2.45) is 5.92 Å². The van der Waals surface area contributed by atoms with Gasteiger partial charge in [-0.2, -0.15) is 4.31 Å². The molecular formula is C20H23ClN2O4S. The third-order valence-corrected chi connectivity index (χ3v) is 6.96. The minimum absolute atomic E-state index is 0.207. The Morgan fingerprint density at radius 3 is 2.43 bits per heavy atom. The molecule has 1 aliphatic rings. The molecule has 1 saturated heterocycles. The predicted molar refractivity (Wildman–Crippen MR) is 109 cm³/mol. The summed E-state index contributed by atoms with van der Waals surface area (Å²) in [7, 11) is -3.50. The van der Waals surface area contributed by atoms with E-state index < -0.39 is 10.0 Å². The number of sulfonamides is 1. The van der Waals surface area contributed by atoms with Gasteiger partial charge in [0.15, 0.2) is 6.61 Å². The fraction of sp³-hybridized carbons (Fsp3) is 0.350. The fourth-order valence-corrected chi connectivity index (χ4v) is 4.63. The van der Waals surface area contributed by atoms with Crippen molar-refractivity contribution in [1.29, 1.82) is 0 Å². The molecule has 1 heterocycles. The zero-order chi connectivity index (χ0) is 20.1. The molecule has 0 aromatic heterocycles. The summed E-state index contributed by atoms with van der Waals surface area (Å²) in [5.74, 6) is 0.617. The summed E-state index contributed by atoms with van der Waals surface area (Å²) in [6, 6.07) is 13.0. The summed E-state index contributed by atoms with van der Waals surface area (Å²) >= 11 is 6.00. The van der Waals surface area contributed by atoms with Crippen molar-refractivity contribution < 1.29 is 17.9 Å². The molecule has 3 rings (SSSR count). The topological polar surface area (TPSA) is 75.7 Å². The molecule has 0 unspecified atom stereocenters. The lowest BCUT2D eigenvalue weighted by molar-refractivity contribution is -0.118. The van der Waals surface area contributed by atoms with Crippen molar-refractivity contribution in [1.82, 2.24) is 4.31 Å². The summed E-state index contributed by atoms with van der Waals surface area (Å²) in [6.07, 6.45) is 1.75. The van der Waals surface area contributed by atoms with E-state index in [0.29, 0.717) is 35.5 Å². The van der Waals surface area contributed by atoms with Gasteiger partial charge in [-0.25, -0.2) is 8.42 Å². The van der Waals surface area contributed by atoms with E-state index in [1.54, 1.807) is 36.4 Å². The lowest BCUT2D eigenvalue weighted by Gasteiger charge is -2.29. The van der Waals surface area contributed by atoms with Crippen LogP contribution < -0.4 is 10.1 Å². The van der Waals surface area contributed by atoms with E-state index in [2.05, 4.69) is 12.2 Å². The first-order chi connectivity index (χ1) is 13.4. The highest BCUT2D eigenvalue weighted by Crippen LogP contribution is 2.25. The van der Waals surface area contributed by atoms with E-state index in [1.165, 1.54) is 16.4 Å². The molecule has 0 aliphatic carbocycles. The first kappa shape index (κ1) is 20.6. The Kier molecular flexibility index (Phi) is 6.59. The first-order valence-corrected chi connectivity index (χ1v) is 11.0. The Labute approximate surface area is 170 Å². The SMILES string of the molecule is CC1CCN(S(=O)(=O)c2ccc(OCC(=O)Nc3ccccc3Cl)cc2)CC1. The largest absolute Gasteiger partial charge is 0.484 e. The molecule has 6 nitrogen and oxygen atoms in total. The van der Waals surface area contributed by atoms with Gasteiger partial charge < -0.3 is 10.1 Å². The summed E-state index contributed by atoms with van der Waals surface area (Å²) in [6.45, 7) is 3.02. The molecular weight excluding hydrogens is 400 g/mol. The molecule has 2 aromatic carbocycles. The number of para-hydroxylation sites is 1. The van der Waals surface area contributed by atoms with Crippen LogP contribution in [0.15, 0.2) is 53.4 Å². The van der Waals surface area contributed by atoms with Crippen LogP contribution in [0.2, 0.25) is 5.02 Å². The fourth-order valence-electron chi connectivity index (χ4n) is 2.98. The van der Waals surface area contributed by atoms with Gasteiger partial charge in [-0.15, -0.1) is 0 Å². The monoisotopic (exact) mass is 422 g/mol. The molecule has 0 spiro atoms. The lowest BCUT2D eigenvalue weighted by Crippen LogP contribution is -2.37. The number of nitrogens with one attached hydrogen (secondary N) is 1. The third-order valence-electron chi connectivity index (χ3n) is 4.72. The van der Waals surface area contributed by atoms with Gasteiger partial charge in [-0.3, -0.25) is 4.79 Å². The number of carbonyl (C=O) groups is 1. The van der Waals surface area contributed by atoms with Crippen molar-refractivity contribution in [2.45, 2.75) is 24.7 Å². The van der Waals surface area contributed by atoms with Gasteiger partial charge in [0.1, 0.15) is 5.75 Å². The van der Waals surface area contributed by atoms with Gasteiger partial charge >= 0.3 is 0 Å². The summed E-state index contributed by atoms with van der Waals surface area (Å²) in [4.78, 5) is 12.2. The highest BCUT2D eigenvalue weighted by Gasteiger charge is 2.27. The third kappa shape index (κ3) is 5.04. The van der Waals surface area contributed by atoms with Crippen LogP contribution in [-0.2, 0) is 14.8 Å². The number of hydrogen-bond donors (Lipinski definition) is 1. The molecule has 8 heteroatoms. The Bertz CT molecular complexity index is 923. The average Bonchev–Trinajstić information content (AvgIpc) is 2.69. The summed E-state index contributed by atoms with van der Waals surface area (Å²) < 4.78 is 32.4. The number of ether oxygens (including phenoxy) is 1. The minimum atomic E-state index is -3.50. The van der Waals surface area contributed by atoms with Crippen molar-refractivity contribution >= 4 is 33.2 Å². The maximum atomic E-state index is 12.7. The lowest BCUT2D eigenvalue weighted by atomic mass is 10.0. The van der Waals surface area contributed by atoms with Crippen LogP contribution in [0, 0.1) is 5.92 Å². The summed E-state index contributed by atoms with van der Waals surface area (Å²) in [5, 5.41) is 3.11. The van der Waals surface area contributed by atoms with E-state index in [0.717, 1.165) is 12.8 Å². The van der Waals surface area contributed by atoms with Crippen molar-refractivity contribution in [3.63, 3.8) is 0 Å². The van der Waals surface area contributed by atoms with Crippen LogP contribution in [0.5, 0.6) is 5.75 Å². The molecule has 0 saturated carbocycles. The number of carbonyl (C=O) groups excluding carboxylic acids is 1. The van der Waals surface area contributed by atoms with Crippen LogP contribution in [0.4, 0.5) is 5.69 Å².